The number of fused-ring (bicyclic) bond motifs is 3. The zero-order valence-corrected chi connectivity index (χ0v) is 8.18. The average Bonchev–Trinajstić information content (AvgIpc) is 2.67. The first-order chi connectivity index (χ1) is 6.86. The third-order valence-electron chi connectivity index (χ3n) is 2.54. The summed E-state index contributed by atoms with van der Waals surface area (Å²) < 4.78 is 0. The van der Waals surface area contributed by atoms with Crippen LogP contribution in [0.15, 0.2) is 42.7 Å². The number of benzene rings is 2. The van der Waals surface area contributed by atoms with Crippen LogP contribution in [0.1, 0.15) is 0 Å². The molecule has 68 valence electrons. The zero-order chi connectivity index (χ0) is 9.54. The van der Waals surface area contributed by atoms with Crippen molar-refractivity contribution in [3.8, 4) is 0 Å². The van der Waals surface area contributed by atoms with Crippen molar-refractivity contribution in [1.29, 1.82) is 0 Å². The summed E-state index contributed by atoms with van der Waals surface area (Å²) in [6.07, 6.45) is 3.92. The molecule has 1 heterocycles. The quantitative estimate of drug-likeness (QED) is 0.567. The van der Waals surface area contributed by atoms with Crippen molar-refractivity contribution < 1.29 is 0 Å². The lowest BCUT2D eigenvalue weighted by molar-refractivity contribution is 1.43. The Kier molecular flexibility index (Phi) is 1.55. The van der Waals surface area contributed by atoms with Gasteiger partial charge >= 0.3 is 0 Å². The van der Waals surface area contributed by atoms with E-state index >= 15 is 0 Å². The highest BCUT2D eigenvalue weighted by Gasteiger charge is 2.04. The van der Waals surface area contributed by atoms with Crippen LogP contribution in [0.25, 0.3) is 21.5 Å². The fourth-order valence-corrected chi connectivity index (χ4v) is 2.14. The van der Waals surface area contributed by atoms with Crippen molar-refractivity contribution in [2.45, 2.75) is 0 Å². The van der Waals surface area contributed by atoms with Gasteiger partial charge in [-0.2, -0.15) is 0 Å². The molecule has 1 aromatic heterocycles. The van der Waals surface area contributed by atoms with E-state index in [1.807, 2.05) is 30.6 Å². The SMILES string of the molecule is Clc1cc2ccccc2c2c[nH]cc12. The topological polar surface area (TPSA) is 15.8 Å². The summed E-state index contributed by atoms with van der Waals surface area (Å²) in [6.45, 7) is 0. The van der Waals surface area contributed by atoms with Crippen LogP contribution < -0.4 is 0 Å². The molecule has 0 fully saturated rings. The Bertz CT molecular complexity index is 610. The van der Waals surface area contributed by atoms with Crippen LogP contribution in [-0.4, -0.2) is 4.98 Å². The van der Waals surface area contributed by atoms with Crippen LogP contribution in [0.4, 0.5) is 0 Å². The van der Waals surface area contributed by atoms with E-state index in [0.29, 0.717) is 0 Å². The van der Waals surface area contributed by atoms with Gasteiger partial charge in [-0.15, -0.1) is 0 Å². The summed E-state index contributed by atoms with van der Waals surface area (Å²) in [5.74, 6) is 0. The van der Waals surface area contributed by atoms with Crippen molar-refractivity contribution in [3.63, 3.8) is 0 Å². The second-order valence-electron chi connectivity index (χ2n) is 3.36. The van der Waals surface area contributed by atoms with E-state index < -0.39 is 0 Å². The Morgan fingerprint density at radius 2 is 1.71 bits per heavy atom. The lowest BCUT2D eigenvalue weighted by Crippen LogP contribution is -1.74. The molecule has 14 heavy (non-hydrogen) atoms. The molecular formula is C12H8ClN. The maximum Gasteiger partial charge on any atom is 0.0505 e. The van der Waals surface area contributed by atoms with Gasteiger partial charge in [0.15, 0.2) is 0 Å². The molecular weight excluding hydrogens is 194 g/mol. The van der Waals surface area contributed by atoms with E-state index in [4.69, 9.17) is 11.6 Å². The first-order valence-corrected chi connectivity index (χ1v) is 4.88. The van der Waals surface area contributed by atoms with E-state index in [0.717, 1.165) is 10.4 Å². The van der Waals surface area contributed by atoms with Gasteiger partial charge in [0.05, 0.1) is 5.02 Å². The maximum atomic E-state index is 6.16. The lowest BCUT2D eigenvalue weighted by atomic mass is 10.1. The highest BCUT2D eigenvalue weighted by molar-refractivity contribution is 6.37. The van der Waals surface area contributed by atoms with Crippen molar-refractivity contribution >= 4 is 33.1 Å². The van der Waals surface area contributed by atoms with Gasteiger partial charge < -0.3 is 4.98 Å². The molecule has 0 saturated carbocycles. The number of aromatic amines is 1. The predicted octanol–water partition coefficient (Wildman–Crippen LogP) is 3.97. The third-order valence-corrected chi connectivity index (χ3v) is 2.85. The number of halogens is 1. The molecule has 0 amide bonds. The smallest absolute Gasteiger partial charge is 0.0505 e. The number of hydrogen-bond donors (Lipinski definition) is 1. The third kappa shape index (κ3) is 0.962. The molecule has 0 bridgehead atoms. The molecule has 0 saturated heterocycles. The molecule has 2 heteroatoms. The molecule has 2 aromatic carbocycles. The Hall–Kier alpha value is -1.47. The van der Waals surface area contributed by atoms with E-state index in [9.17, 15) is 0 Å². The highest BCUT2D eigenvalue weighted by atomic mass is 35.5. The zero-order valence-electron chi connectivity index (χ0n) is 7.42. The van der Waals surface area contributed by atoms with Gasteiger partial charge in [0.2, 0.25) is 0 Å². The number of hydrogen-bond acceptors (Lipinski definition) is 0. The van der Waals surface area contributed by atoms with Gasteiger partial charge in [-0.05, 0) is 16.8 Å². The van der Waals surface area contributed by atoms with Gasteiger partial charge in [0.1, 0.15) is 0 Å². The maximum absolute atomic E-state index is 6.16. The molecule has 0 spiro atoms. The molecule has 3 rings (SSSR count). The summed E-state index contributed by atoms with van der Waals surface area (Å²) in [5.41, 5.74) is 0. The van der Waals surface area contributed by atoms with Crippen LogP contribution in [0.5, 0.6) is 0 Å². The van der Waals surface area contributed by atoms with Crippen LogP contribution in [0.3, 0.4) is 0 Å². The van der Waals surface area contributed by atoms with E-state index in [-0.39, 0.29) is 0 Å². The molecule has 0 aliphatic rings. The Labute approximate surface area is 86.3 Å². The number of aromatic nitrogens is 1. The minimum Gasteiger partial charge on any atom is -0.366 e. The summed E-state index contributed by atoms with van der Waals surface area (Å²) in [7, 11) is 0. The Morgan fingerprint density at radius 1 is 0.929 bits per heavy atom. The van der Waals surface area contributed by atoms with Gasteiger partial charge in [0, 0.05) is 23.2 Å². The summed E-state index contributed by atoms with van der Waals surface area (Å²) in [4.78, 5) is 3.09. The van der Waals surface area contributed by atoms with Crippen LogP contribution in [0, 0.1) is 0 Å². The van der Waals surface area contributed by atoms with Crippen molar-refractivity contribution in [2.24, 2.45) is 0 Å². The molecule has 3 aromatic rings. The van der Waals surface area contributed by atoms with E-state index in [1.165, 1.54) is 16.2 Å². The van der Waals surface area contributed by atoms with Crippen molar-refractivity contribution in [3.05, 3.63) is 47.7 Å². The first kappa shape index (κ1) is 7.89. The van der Waals surface area contributed by atoms with Gasteiger partial charge in [-0.25, -0.2) is 0 Å². The van der Waals surface area contributed by atoms with Gasteiger partial charge in [-0.3, -0.25) is 0 Å². The molecule has 1 N–H and O–H groups in total. The second kappa shape index (κ2) is 2.76. The van der Waals surface area contributed by atoms with Gasteiger partial charge in [-0.1, -0.05) is 35.9 Å². The monoisotopic (exact) mass is 201 g/mol. The van der Waals surface area contributed by atoms with Crippen LogP contribution >= 0.6 is 11.6 Å². The van der Waals surface area contributed by atoms with Crippen molar-refractivity contribution in [2.75, 3.05) is 0 Å². The van der Waals surface area contributed by atoms with Crippen LogP contribution in [0.2, 0.25) is 5.02 Å². The predicted molar refractivity (Wildman–Crippen MR) is 60.8 cm³/mol. The molecule has 0 aliphatic heterocycles. The number of rotatable bonds is 0. The normalized spacial score (nSPS) is 11.2. The molecule has 0 radical (unpaired) electrons. The minimum absolute atomic E-state index is 0.806. The lowest BCUT2D eigenvalue weighted by Gasteiger charge is -2.00. The molecule has 1 nitrogen and oxygen atoms in total. The van der Waals surface area contributed by atoms with E-state index in [2.05, 4.69) is 17.1 Å². The largest absolute Gasteiger partial charge is 0.366 e. The molecule has 0 atom stereocenters. The molecule has 0 unspecified atom stereocenters. The number of H-pyrrole nitrogens is 1. The minimum atomic E-state index is 0.806. The Balaban J connectivity index is 2.66. The molecule has 0 aliphatic carbocycles. The summed E-state index contributed by atoms with van der Waals surface area (Å²) >= 11 is 6.16. The average molecular weight is 202 g/mol. The second-order valence-corrected chi connectivity index (χ2v) is 3.77. The standard InChI is InChI=1S/C12H8ClN/c13-12-5-8-3-1-2-4-9(8)10-6-14-7-11(10)12/h1-7,14H. The van der Waals surface area contributed by atoms with Gasteiger partial charge in [0.25, 0.3) is 0 Å². The summed E-state index contributed by atoms with van der Waals surface area (Å²) in [5, 5.41) is 5.51. The first-order valence-electron chi connectivity index (χ1n) is 4.50. The Morgan fingerprint density at radius 3 is 2.64 bits per heavy atom. The summed E-state index contributed by atoms with van der Waals surface area (Å²) in [6, 6.07) is 10.3. The fourth-order valence-electron chi connectivity index (χ4n) is 1.87. The van der Waals surface area contributed by atoms with E-state index in [1.54, 1.807) is 0 Å². The highest BCUT2D eigenvalue weighted by Crippen LogP contribution is 2.31. The van der Waals surface area contributed by atoms with Crippen molar-refractivity contribution in [1.82, 2.24) is 4.98 Å². The fraction of sp³-hybridized carbons (Fsp3) is 0. The van der Waals surface area contributed by atoms with Crippen LogP contribution in [-0.2, 0) is 0 Å². The number of nitrogens with one attached hydrogen (secondary N) is 1.